The monoisotopic (exact) mass is 670 g/mol. The maximum atomic E-state index is 11.5. The fraction of sp³-hybridized carbons (Fsp3) is 0.163. The summed E-state index contributed by atoms with van der Waals surface area (Å²) in [5, 5.41) is 11.5. The molecule has 0 spiro atoms. The van der Waals surface area contributed by atoms with E-state index in [1.54, 1.807) is 38.1 Å². The predicted octanol–water partition coefficient (Wildman–Crippen LogP) is 9.43. The Morgan fingerprint density at radius 2 is 1.18 bits per heavy atom. The van der Waals surface area contributed by atoms with Gasteiger partial charge in [0.25, 0.3) is 0 Å². The van der Waals surface area contributed by atoms with Crippen LogP contribution >= 0.6 is 0 Å². The number of carbonyl (C=O) groups is 2. The third-order valence-corrected chi connectivity index (χ3v) is 7.49. The molecule has 0 amide bonds. The molecule has 0 aromatic heterocycles. The van der Waals surface area contributed by atoms with Gasteiger partial charge < -0.3 is 24.1 Å². The number of rotatable bonds is 9. The summed E-state index contributed by atoms with van der Waals surface area (Å²) in [6.07, 6.45) is 3.48. The van der Waals surface area contributed by atoms with E-state index in [9.17, 15) is 9.59 Å². The Morgan fingerprint density at radius 3 is 1.70 bits per heavy atom. The van der Waals surface area contributed by atoms with Crippen molar-refractivity contribution in [1.29, 1.82) is 0 Å². The molecule has 1 atom stereocenters. The number of phenolic OH excluding ortho intramolecular Hbond substituents is 1. The Labute approximate surface area is 293 Å². The SMILES string of the molecule is C=C(C)C(=O)Oc1ccc(O)cc1.C=C(C)C(=O)Oc1ccc(OC(C)OC2Cc3ccccc3C2)cc1.C=Cc1ccc2ccccc2c1. The normalized spacial score (nSPS) is 12.1. The summed E-state index contributed by atoms with van der Waals surface area (Å²) >= 11 is 0. The quantitative estimate of drug-likeness (QED) is 0.0723. The maximum Gasteiger partial charge on any atom is 0.338 e. The first-order valence-corrected chi connectivity index (χ1v) is 16.2. The molecule has 0 radical (unpaired) electrons. The molecule has 0 saturated carbocycles. The van der Waals surface area contributed by atoms with Crippen molar-refractivity contribution in [2.45, 2.75) is 46.0 Å². The number of hydrogen-bond donors (Lipinski definition) is 1. The zero-order valence-corrected chi connectivity index (χ0v) is 28.6. The van der Waals surface area contributed by atoms with Gasteiger partial charge in [-0.15, -0.1) is 0 Å². The third-order valence-electron chi connectivity index (χ3n) is 7.49. The fourth-order valence-electron chi connectivity index (χ4n) is 4.93. The standard InChI is InChI=1S/C21H22O4.C12H10.C10H10O3/c1-14(2)21(22)25-19-10-8-18(9-11-19)23-15(3)24-20-12-16-6-4-5-7-17(16)13-20;1-2-10-7-8-11-5-3-4-6-12(11)9-10;1-7(2)10(12)13-9-5-3-8(11)4-6-9/h4-11,15,20H,1,12-13H2,2-3H3;2-9H,1H2;3-6,11H,1H2,2H3. The van der Waals surface area contributed by atoms with Crippen molar-refractivity contribution in [2.24, 2.45) is 0 Å². The number of benzene rings is 5. The minimum absolute atomic E-state index is 0.134. The highest BCUT2D eigenvalue weighted by molar-refractivity contribution is 5.89. The van der Waals surface area contributed by atoms with Gasteiger partial charge in [0, 0.05) is 11.1 Å². The molecular formula is C43H42O7. The van der Waals surface area contributed by atoms with Gasteiger partial charge in [0.05, 0.1) is 6.10 Å². The summed E-state index contributed by atoms with van der Waals surface area (Å²) in [5.74, 6) is 0.746. The van der Waals surface area contributed by atoms with Crippen molar-refractivity contribution in [2.75, 3.05) is 0 Å². The Kier molecular flexibility index (Phi) is 13.3. The van der Waals surface area contributed by atoms with E-state index in [0.717, 1.165) is 12.8 Å². The van der Waals surface area contributed by atoms with E-state index < -0.39 is 11.9 Å². The average molecular weight is 671 g/mol. The second-order valence-electron chi connectivity index (χ2n) is 11.7. The summed E-state index contributed by atoms with van der Waals surface area (Å²) in [6, 6.07) is 35.9. The van der Waals surface area contributed by atoms with Crippen LogP contribution in [-0.4, -0.2) is 29.4 Å². The fourth-order valence-corrected chi connectivity index (χ4v) is 4.93. The molecule has 5 aromatic rings. The van der Waals surface area contributed by atoms with Crippen LogP contribution < -0.4 is 14.2 Å². The van der Waals surface area contributed by atoms with E-state index in [0.29, 0.717) is 28.4 Å². The number of aromatic hydroxyl groups is 1. The molecule has 7 heteroatoms. The minimum atomic E-state index is -0.467. The van der Waals surface area contributed by atoms with Gasteiger partial charge >= 0.3 is 11.9 Å². The molecule has 5 aromatic carbocycles. The van der Waals surface area contributed by atoms with E-state index in [1.165, 1.54) is 51.7 Å². The molecular weight excluding hydrogens is 628 g/mol. The van der Waals surface area contributed by atoms with Crippen LogP contribution in [0.25, 0.3) is 16.8 Å². The highest BCUT2D eigenvalue weighted by Gasteiger charge is 2.23. The highest BCUT2D eigenvalue weighted by Crippen LogP contribution is 2.26. The molecule has 0 bridgehead atoms. The number of phenols is 1. The van der Waals surface area contributed by atoms with Crippen LogP contribution in [0, 0.1) is 0 Å². The zero-order chi connectivity index (χ0) is 36.0. The lowest BCUT2D eigenvalue weighted by Crippen LogP contribution is -2.24. The molecule has 1 N–H and O–H groups in total. The molecule has 256 valence electrons. The molecule has 0 saturated heterocycles. The van der Waals surface area contributed by atoms with Gasteiger partial charge in [-0.1, -0.05) is 86.5 Å². The molecule has 1 unspecified atom stereocenters. The first-order valence-electron chi connectivity index (χ1n) is 16.2. The molecule has 1 aliphatic rings. The Morgan fingerprint density at radius 1 is 0.700 bits per heavy atom. The number of esters is 2. The smallest absolute Gasteiger partial charge is 0.338 e. The minimum Gasteiger partial charge on any atom is -0.508 e. The zero-order valence-electron chi connectivity index (χ0n) is 28.6. The van der Waals surface area contributed by atoms with Gasteiger partial charge in [-0.25, -0.2) is 9.59 Å². The lowest BCUT2D eigenvalue weighted by atomic mass is 10.1. The number of carbonyl (C=O) groups excluding carboxylic acids is 2. The van der Waals surface area contributed by atoms with Gasteiger partial charge in [0.1, 0.15) is 23.0 Å². The van der Waals surface area contributed by atoms with Gasteiger partial charge in [0.2, 0.25) is 0 Å². The third kappa shape index (κ3) is 11.4. The predicted molar refractivity (Wildman–Crippen MR) is 198 cm³/mol. The molecule has 1 aliphatic carbocycles. The summed E-state index contributed by atoms with van der Waals surface area (Å²) in [7, 11) is 0. The van der Waals surface area contributed by atoms with Crippen LogP contribution in [0.15, 0.2) is 146 Å². The summed E-state index contributed by atoms with van der Waals surface area (Å²) in [5.41, 5.74) is 4.58. The van der Waals surface area contributed by atoms with Crippen molar-refractivity contribution in [3.63, 3.8) is 0 Å². The van der Waals surface area contributed by atoms with Crippen molar-refractivity contribution >= 4 is 28.8 Å². The maximum absolute atomic E-state index is 11.5. The van der Waals surface area contributed by atoms with Crippen molar-refractivity contribution in [1.82, 2.24) is 0 Å². The summed E-state index contributed by atoms with van der Waals surface area (Å²) in [6.45, 7) is 15.8. The molecule has 0 aliphatic heterocycles. The Hall–Kier alpha value is -5.92. The van der Waals surface area contributed by atoms with E-state index in [4.69, 9.17) is 24.1 Å². The van der Waals surface area contributed by atoms with E-state index in [2.05, 4.69) is 86.5 Å². The van der Waals surface area contributed by atoms with E-state index in [-0.39, 0.29) is 18.1 Å². The van der Waals surface area contributed by atoms with Crippen molar-refractivity contribution < 1.29 is 33.6 Å². The lowest BCUT2D eigenvalue weighted by molar-refractivity contribution is -0.130. The second-order valence-corrected chi connectivity index (χ2v) is 11.7. The van der Waals surface area contributed by atoms with Gasteiger partial charge in [-0.2, -0.15) is 0 Å². The first kappa shape index (κ1) is 36.9. The number of hydrogen-bond acceptors (Lipinski definition) is 7. The van der Waals surface area contributed by atoms with E-state index in [1.807, 2.05) is 13.0 Å². The van der Waals surface area contributed by atoms with Crippen LogP contribution in [0.3, 0.4) is 0 Å². The molecule has 50 heavy (non-hydrogen) atoms. The van der Waals surface area contributed by atoms with Gasteiger partial charge in [0.15, 0.2) is 6.29 Å². The Bertz CT molecular complexity index is 1920. The lowest BCUT2D eigenvalue weighted by Gasteiger charge is -2.19. The topological polar surface area (TPSA) is 91.3 Å². The van der Waals surface area contributed by atoms with Gasteiger partial charge in [-0.05, 0) is 116 Å². The largest absolute Gasteiger partial charge is 0.508 e. The first-order chi connectivity index (χ1) is 24.0. The highest BCUT2D eigenvalue weighted by atomic mass is 16.7. The van der Waals surface area contributed by atoms with Crippen LogP contribution in [0.5, 0.6) is 23.0 Å². The van der Waals surface area contributed by atoms with Crippen molar-refractivity contribution in [3.05, 3.63) is 163 Å². The van der Waals surface area contributed by atoms with Gasteiger partial charge in [-0.3, -0.25) is 0 Å². The summed E-state index contributed by atoms with van der Waals surface area (Å²) < 4.78 is 21.8. The van der Waals surface area contributed by atoms with E-state index >= 15 is 0 Å². The van der Waals surface area contributed by atoms with Crippen LogP contribution in [0.4, 0.5) is 0 Å². The Balaban J connectivity index is 0.000000188. The average Bonchev–Trinajstić information content (AvgIpc) is 3.52. The van der Waals surface area contributed by atoms with Crippen molar-refractivity contribution in [3.8, 4) is 23.0 Å². The number of fused-ring (bicyclic) bond motifs is 2. The van der Waals surface area contributed by atoms with Crippen LogP contribution in [0.2, 0.25) is 0 Å². The molecule has 0 heterocycles. The second kappa shape index (κ2) is 18.0. The van der Waals surface area contributed by atoms with Crippen LogP contribution in [0.1, 0.15) is 37.5 Å². The molecule has 6 rings (SSSR count). The molecule has 7 nitrogen and oxygen atoms in total. The number of ether oxygens (including phenoxy) is 4. The van der Waals surface area contributed by atoms with Crippen LogP contribution in [-0.2, 0) is 27.2 Å². The summed E-state index contributed by atoms with van der Waals surface area (Å²) in [4.78, 5) is 22.5. The molecule has 0 fully saturated rings.